The molecule has 0 aliphatic heterocycles. The lowest BCUT2D eigenvalue weighted by Gasteiger charge is -2.17. The van der Waals surface area contributed by atoms with Crippen molar-refractivity contribution in [3.63, 3.8) is 0 Å². The van der Waals surface area contributed by atoms with Crippen molar-refractivity contribution in [1.29, 1.82) is 0 Å². The molecule has 0 bridgehead atoms. The molecular formula is C17H32N2O. The molecule has 0 unspecified atom stereocenters. The maximum Gasteiger partial charge on any atom is 0.118 e. The van der Waals surface area contributed by atoms with Gasteiger partial charge in [0.1, 0.15) is 11.5 Å². The van der Waals surface area contributed by atoms with Crippen LogP contribution >= 0.6 is 0 Å². The molecule has 0 aliphatic rings. The number of nitrogens with one attached hydrogen (secondary N) is 1. The fourth-order valence-corrected chi connectivity index (χ4v) is 2.16. The van der Waals surface area contributed by atoms with Crippen LogP contribution in [-0.2, 0) is 13.1 Å². The minimum absolute atomic E-state index is 0.674. The van der Waals surface area contributed by atoms with Gasteiger partial charge in [-0.3, -0.25) is 0 Å². The van der Waals surface area contributed by atoms with E-state index in [1.54, 1.807) is 0 Å². The summed E-state index contributed by atoms with van der Waals surface area (Å²) >= 11 is 0. The van der Waals surface area contributed by atoms with E-state index >= 15 is 0 Å². The summed E-state index contributed by atoms with van der Waals surface area (Å²) < 4.78 is 5.83. The van der Waals surface area contributed by atoms with Crippen molar-refractivity contribution < 1.29 is 4.42 Å². The van der Waals surface area contributed by atoms with Gasteiger partial charge in [0.25, 0.3) is 0 Å². The van der Waals surface area contributed by atoms with Crippen LogP contribution in [0.5, 0.6) is 0 Å². The molecule has 1 rings (SSSR count). The molecule has 0 amide bonds. The van der Waals surface area contributed by atoms with Crippen LogP contribution in [0.1, 0.15) is 51.2 Å². The average molecular weight is 280 g/mol. The summed E-state index contributed by atoms with van der Waals surface area (Å²) in [6.07, 6.45) is 1.25. The zero-order chi connectivity index (χ0) is 15.1. The highest BCUT2D eigenvalue weighted by atomic mass is 16.3. The van der Waals surface area contributed by atoms with E-state index in [0.29, 0.717) is 5.92 Å². The molecule has 1 heterocycles. The third kappa shape index (κ3) is 6.58. The van der Waals surface area contributed by atoms with Gasteiger partial charge in [0.05, 0.1) is 6.54 Å². The largest absolute Gasteiger partial charge is 0.465 e. The molecule has 0 atom stereocenters. The Morgan fingerprint density at radius 1 is 1.20 bits per heavy atom. The van der Waals surface area contributed by atoms with Gasteiger partial charge in [-0.05, 0) is 51.4 Å². The summed E-state index contributed by atoms with van der Waals surface area (Å²) in [7, 11) is 2.19. The minimum atomic E-state index is 0.674. The Morgan fingerprint density at radius 2 is 1.90 bits per heavy atom. The first kappa shape index (κ1) is 17.3. The van der Waals surface area contributed by atoms with Crippen molar-refractivity contribution in [2.75, 3.05) is 20.1 Å². The molecule has 0 saturated carbocycles. The van der Waals surface area contributed by atoms with Crippen LogP contribution in [0.3, 0.4) is 0 Å². The minimum Gasteiger partial charge on any atom is -0.465 e. The van der Waals surface area contributed by atoms with Gasteiger partial charge in [0.2, 0.25) is 0 Å². The number of hydrogen-bond acceptors (Lipinski definition) is 3. The summed E-state index contributed by atoms with van der Waals surface area (Å²) in [5, 5.41) is 3.43. The molecule has 0 spiro atoms. The van der Waals surface area contributed by atoms with Gasteiger partial charge in [-0.25, -0.2) is 0 Å². The lowest BCUT2D eigenvalue weighted by Crippen LogP contribution is -2.20. The molecular weight excluding hydrogens is 248 g/mol. The van der Waals surface area contributed by atoms with Crippen LogP contribution in [0.2, 0.25) is 0 Å². The Bertz CT molecular complexity index is 382. The van der Waals surface area contributed by atoms with E-state index in [9.17, 15) is 0 Å². The molecule has 3 nitrogen and oxygen atoms in total. The summed E-state index contributed by atoms with van der Waals surface area (Å²) in [6.45, 7) is 15.0. The van der Waals surface area contributed by atoms with Crippen molar-refractivity contribution in [3.05, 3.63) is 23.2 Å². The topological polar surface area (TPSA) is 28.4 Å². The maximum absolute atomic E-state index is 5.83. The zero-order valence-corrected chi connectivity index (χ0v) is 14.1. The van der Waals surface area contributed by atoms with E-state index in [1.165, 1.54) is 12.0 Å². The Kier molecular flexibility index (Phi) is 7.31. The van der Waals surface area contributed by atoms with Crippen molar-refractivity contribution in [1.82, 2.24) is 10.2 Å². The molecule has 0 saturated heterocycles. The summed E-state index contributed by atoms with van der Waals surface area (Å²) in [5.41, 5.74) is 1.32. The predicted molar refractivity (Wildman–Crippen MR) is 85.8 cm³/mol. The highest BCUT2D eigenvalue weighted by molar-refractivity contribution is 5.20. The third-order valence-corrected chi connectivity index (χ3v) is 3.45. The second-order valence-electron chi connectivity index (χ2n) is 6.74. The van der Waals surface area contributed by atoms with E-state index in [1.807, 2.05) is 0 Å². The standard InChI is InChI=1S/C17H32N2O/c1-13(2)7-8-19(6)12-16-9-17(20-15(16)5)11-18-10-14(3)4/h9,13-14,18H,7-8,10-12H2,1-6H3. The Morgan fingerprint density at radius 3 is 2.50 bits per heavy atom. The second kappa shape index (κ2) is 8.48. The molecule has 0 aromatic carbocycles. The first-order valence-corrected chi connectivity index (χ1v) is 7.86. The lowest BCUT2D eigenvalue weighted by molar-refractivity contribution is 0.301. The van der Waals surface area contributed by atoms with Crippen molar-refractivity contribution >= 4 is 0 Å². The molecule has 0 aliphatic carbocycles. The second-order valence-corrected chi connectivity index (χ2v) is 6.74. The average Bonchev–Trinajstić information content (AvgIpc) is 2.67. The predicted octanol–water partition coefficient (Wildman–Crippen LogP) is 3.81. The number of rotatable bonds is 9. The van der Waals surface area contributed by atoms with Gasteiger partial charge in [0.15, 0.2) is 0 Å². The monoisotopic (exact) mass is 280 g/mol. The molecule has 3 heteroatoms. The SMILES string of the molecule is Cc1oc(CNCC(C)C)cc1CN(C)CCC(C)C. The molecule has 0 radical (unpaired) electrons. The van der Waals surface area contributed by atoms with E-state index in [2.05, 4.69) is 57.9 Å². The summed E-state index contributed by atoms with van der Waals surface area (Å²) in [5.74, 6) is 3.55. The third-order valence-electron chi connectivity index (χ3n) is 3.45. The molecule has 116 valence electrons. The van der Waals surface area contributed by atoms with Crippen molar-refractivity contribution in [3.8, 4) is 0 Å². The van der Waals surface area contributed by atoms with Gasteiger partial charge >= 0.3 is 0 Å². The van der Waals surface area contributed by atoms with E-state index in [-0.39, 0.29) is 0 Å². The molecule has 20 heavy (non-hydrogen) atoms. The molecule has 0 fully saturated rings. The Labute approximate surface area is 124 Å². The van der Waals surface area contributed by atoms with Crippen molar-refractivity contribution in [2.24, 2.45) is 11.8 Å². The quantitative estimate of drug-likeness (QED) is 0.745. The van der Waals surface area contributed by atoms with Crippen LogP contribution in [0.15, 0.2) is 10.5 Å². The highest BCUT2D eigenvalue weighted by Gasteiger charge is 2.10. The van der Waals surface area contributed by atoms with Crippen molar-refractivity contribution in [2.45, 2.75) is 54.1 Å². The fraction of sp³-hybridized carbons (Fsp3) is 0.765. The number of aryl methyl sites for hydroxylation is 1. The molecule has 1 N–H and O–H groups in total. The van der Waals surface area contributed by atoms with Crippen LogP contribution in [0.4, 0.5) is 0 Å². The van der Waals surface area contributed by atoms with Crippen LogP contribution in [0.25, 0.3) is 0 Å². The van der Waals surface area contributed by atoms with Crippen LogP contribution in [0, 0.1) is 18.8 Å². The van der Waals surface area contributed by atoms with E-state index < -0.39 is 0 Å². The normalized spacial score (nSPS) is 12.1. The first-order valence-electron chi connectivity index (χ1n) is 7.86. The fourth-order valence-electron chi connectivity index (χ4n) is 2.16. The first-order chi connectivity index (χ1) is 9.38. The smallest absolute Gasteiger partial charge is 0.118 e. The Hall–Kier alpha value is -0.800. The molecule has 1 aromatic rings. The number of nitrogens with zero attached hydrogens (tertiary/aromatic N) is 1. The number of hydrogen-bond donors (Lipinski definition) is 1. The highest BCUT2D eigenvalue weighted by Crippen LogP contribution is 2.17. The Balaban J connectivity index is 2.44. The van der Waals surface area contributed by atoms with Gasteiger partial charge in [-0.1, -0.05) is 27.7 Å². The maximum atomic E-state index is 5.83. The summed E-state index contributed by atoms with van der Waals surface area (Å²) in [4.78, 5) is 2.38. The molecule has 1 aromatic heterocycles. The van der Waals surface area contributed by atoms with Gasteiger partial charge in [0, 0.05) is 12.1 Å². The van der Waals surface area contributed by atoms with Crippen LogP contribution < -0.4 is 5.32 Å². The van der Waals surface area contributed by atoms with E-state index in [0.717, 1.165) is 43.6 Å². The number of furan rings is 1. The summed E-state index contributed by atoms with van der Waals surface area (Å²) in [6, 6.07) is 2.20. The van der Waals surface area contributed by atoms with Crippen LogP contribution in [-0.4, -0.2) is 25.0 Å². The zero-order valence-electron chi connectivity index (χ0n) is 14.1. The van der Waals surface area contributed by atoms with Gasteiger partial charge in [-0.15, -0.1) is 0 Å². The van der Waals surface area contributed by atoms with Gasteiger partial charge < -0.3 is 14.6 Å². The lowest BCUT2D eigenvalue weighted by atomic mass is 10.1. The van der Waals surface area contributed by atoms with Gasteiger partial charge in [-0.2, -0.15) is 0 Å². The van der Waals surface area contributed by atoms with E-state index in [4.69, 9.17) is 4.42 Å².